The molecule has 0 atom stereocenters. The summed E-state index contributed by atoms with van der Waals surface area (Å²) in [6.45, 7) is 3.41. The van der Waals surface area contributed by atoms with Crippen LogP contribution in [0, 0.1) is 12.7 Å². The fraction of sp³-hybridized carbons (Fsp3) is 0.500. The van der Waals surface area contributed by atoms with Crippen LogP contribution in [0.4, 0.5) is 15.9 Å². The first kappa shape index (κ1) is 26.2. The standard InChI is InChI=1S/C26H34FN5O3S/c1-16-22-24(29-15-30-26(22)36-23(16)25(33)28-12-5-13-32(2)3)31-20-11-6-17(27)14-21(20)35-19-9-7-18(34-4)8-10-19/h6,11,14-15,18-19H,5,7-10,12-13H2,1-4H3,(H,28,33)(H,29,30,31). The van der Waals surface area contributed by atoms with Crippen LogP contribution in [0.15, 0.2) is 24.5 Å². The molecule has 0 unspecified atom stereocenters. The second kappa shape index (κ2) is 11.9. The Kier molecular flexibility index (Phi) is 8.71. The molecule has 0 spiro atoms. The van der Waals surface area contributed by atoms with Crippen molar-refractivity contribution in [3.05, 3.63) is 40.8 Å². The summed E-state index contributed by atoms with van der Waals surface area (Å²) in [5, 5.41) is 7.09. The zero-order chi connectivity index (χ0) is 25.7. The molecule has 8 nitrogen and oxygen atoms in total. The number of rotatable bonds is 10. The number of aryl methyl sites for hydroxylation is 1. The van der Waals surface area contributed by atoms with Crippen molar-refractivity contribution >= 4 is 39.0 Å². The summed E-state index contributed by atoms with van der Waals surface area (Å²) in [5.41, 5.74) is 1.43. The van der Waals surface area contributed by atoms with Crippen LogP contribution in [-0.2, 0) is 4.74 Å². The number of fused-ring (bicyclic) bond motifs is 1. The van der Waals surface area contributed by atoms with E-state index in [0.717, 1.165) is 49.6 Å². The van der Waals surface area contributed by atoms with Crippen molar-refractivity contribution in [1.29, 1.82) is 0 Å². The molecule has 194 valence electrons. The van der Waals surface area contributed by atoms with Gasteiger partial charge in [-0.15, -0.1) is 11.3 Å². The van der Waals surface area contributed by atoms with Gasteiger partial charge in [-0.25, -0.2) is 14.4 Å². The number of ether oxygens (including phenoxy) is 2. The van der Waals surface area contributed by atoms with Crippen molar-refractivity contribution in [2.75, 3.05) is 39.6 Å². The van der Waals surface area contributed by atoms with Crippen molar-refractivity contribution in [1.82, 2.24) is 20.2 Å². The van der Waals surface area contributed by atoms with E-state index in [2.05, 4.69) is 25.5 Å². The number of carbonyl (C=O) groups is 1. The number of nitrogens with one attached hydrogen (secondary N) is 2. The first-order valence-electron chi connectivity index (χ1n) is 12.3. The van der Waals surface area contributed by atoms with Crippen LogP contribution in [0.2, 0.25) is 0 Å². The van der Waals surface area contributed by atoms with Crippen molar-refractivity contribution in [3.8, 4) is 5.75 Å². The Bertz CT molecular complexity index is 1190. The molecule has 1 fully saturated rings. The molecule has 2 heterocycles. The third-order valence-electron chi connectivity index (χ3n) is 6.45. The number of nitrogens with zero attached hydrogens (tertiary/aromatic N) is 3. The van der Waals surface area contributed by atoms with Crippen LogP contribution < -0.4 is 15.4 Å². The molecule has 1 amide bonds. The maximum absolute atomic E-state index is 14.1. The number of thiophene rings is 1. The van der Waals surface area contributed by atoms with Gasteiger partial charge >= 0.3 is 0 Å². The zero-order valence-corrected chi connectivity index (χ0v) is 22.1. The predicted molar refractivity (Wildman–Crippen MR) is 141 cm³/mol. The first-order valence-corrected chi connectivity index (χ1v) is 13.1. The Labute approximate surface area is 215 Å². The van der Waals surface area contributed by atoms with Crippen LogP contribution in [-0.4, -0.2) is 67.3 Å². The Balaban J connectivity index is 1.54. The fourth-order valence-electron chi connectivity index (χ4n) is 4.45. The molecule has 1 aliphatic rings. The lowest BCUT2D eigenvalue weighted by Gasteiger charge is -2.28. The Morgan fingerprint density at radius 2 is 1.94 bits per heavy atom. The topological polar surface area (TPSA) is 88.6 Å². The van der Waals surface area contributed by atoms with Gasteiger partial charge in [0.25, 0.3) is 5.91 Å². The van der Waals surface area contributed by atoms with E-state index < -0.39 is 0 Å². The van der Waals surface area contributed by atoms with Gasteiger partial charge in [0.05, 0.1) is 28.2 Å². The number of aromatic nitrogens is 2. The highest BCUT2D eigenvalue weighted by molar-refractivity contribution is 7.20. The second-order valence-corrected chi connectivity index (χ2v) is 10.4. The molecule has 2 aromatic heterocycles. The SMILES string of the molecule is COC1CCC(Oc2cc(F)ccc2Nc2ncnc3sc(C(=O)NCCCN(C)C)c(C)c23)CC1. The summed E-state index contributed by atoms with van der Waals surface area (Å²) in [7, 11) is 5.75. The quantitative estimate of drug-likeness (QED) is 0.371. The third-order valence-corrected chi connectivity index (χ3v) is 7.64. The van der Waals surface area contributed by atoms with Crippen molar-refractivity contribution in [3.63, 3.8) is 0 Å². The molecule has 0 radical (unpaired) electrons. The molecule has 1 saturated carbocycles. The van der Waals surface area contributed by atoms with Gasteiger partial charge in [0.1, 0.15) is 28.5 Å². The molecule has 1 aromatic carbocycles. The van der Waals surface area contributed by atoms with E-state index in [9.17, 15) is 9.18 Å². The molecular weight excluding hydrogens is 481 g/mol. The van der Waals surface area contributed by atoms with Crippen molar-refractivity contribution in [2.45, 2.75) is 51.2 Å². The monoisotopic (exact) mass is 515 g/mol. The summed E-state index contributed by atoms with van der Waals surface area (Å²) in [6.07, 6.45) is 6.12. The van der Waals surface area contributed by atoms with Gasteiger partial charge < -0.3 is 25.0 Å². The molecule has 3 aromatic rings. The number of amides is 1. The van der Waals surface area contributed by atoms with E-state index in [-0.39, 0.29) is 23.9 Å². The van der Waals surface area contributed by atoms with Gasteiger partial charge in [-0.1, -0.05) is 0 Å². The van der Waals surface area contributed by atoms with Crippen molar-refractivity contribution in [2.24, 2.45) is 0 Å². The van der Waals surface area contributed by atoms with Crippen molar-refractivity contribution < 1.29 is 18.7 Å². The van der Waals surface area contributed by atoms with Crippen LogP contribution >= 0.6 is 11.3 Å². The number of methoxy groups -OCH3 is 1. The average molecular weight is 516 g/mol. The van der Waals surface area contributed by atoms with Crippen LogP contribution in [0.1, 0.15) is 47.3 Å². The highest BCUT2D eigenvalue weighted by Gasteiger charge is 2.24. The van der Waals surface area contributed by atoms with Crippen LogP contribution in [0.3, 0.4) is 0 Å². The van der Waals surface area contributed by atoms with E-state index in [1.807, 2.05) is 21.0 Å². The lowest BCUT2D eigenvalue weighted by molar-refractivity contribution is 0.0329. The number of hydrogen-bond acceptors (Lipinski definition) is 8. The average Bonchev–Trinajstić information content (AvgIpc) is 3.21. The van der Waals surface area contributed by atoms with E-state index >= 15 is 0 Å². The lowest BCUT2D eigenvalue weighted by atomic mass is 9.95. The van der Waals surface area contributed by atoms with Gasteiger partial charge in [-0.3, -0.25) is 4.79 Å². The largest absolute Gasteiger partial charge is 0.488 e. The summed E-state index contributed by atoms with van der Waals surface area (Å²) >= 11 is 1.34. The summed E-state index contributed by atoms with van der Waals surface area (Å²) in [4.78, 5) is 25.1. The maximum atomic E-state index is 14.1. The summed E-state index contributed by atoms with van der Waals surface area (Å²) in [5.74, 6) is 0.515. The number of hydrogen-bond donors (Lipinski definition) is 2. The molecule has 2 N–H and O–H groups in total. The van der Waals surface area contributed by atoms with Gasteiger partial charge in [-0.2, -0.15) is 0 Å². The third kappa shape index (κ3) is 6.29. The summed E-state index contributed by atoms with van der Waals surface area (Å²) in [6, 6.07) is 4.44. The van der Waals surface area contributed by atoms with E-state index in [1.54, 1.807) is 13.2 Å². The Morgan fingerprint density at radius 1 is 1.19 bits per heavy atom. The highest BCUT2D eigenvalue weighted by atomic mass is 32.1. The molecular formula is C26H34FN5O3S. The first-order chi connectivity index (χ1) is 17.4. The number of carbonyl (C=O) groups excluding carboxylic acids is 1. The lowest BCUT2D eigenvalue weighted by Crippen LogP contribution is -2.27. The van der Waals surface area contributed by atoms with E-state index in [4.69, 9.17) is 9.47 Å². The van der Waals surface area contributed by atoms with Gasteiger partial charge in [-0.05, 0) is 77.4 Å². The van der Waals surface area contributed by atoms with E-state index in [1.165, 1.54) is 29.8 Å². The smallest absolute Gasteiger partial charge is 0.261 e. The number of benzene rings is 1. The second-order valence-electron chi connectivity index (χ2n) is 9.39. The van der Waals surface area contributed by atoms with Gasteiger partial charge in [0.2, 0.25) is 0 Å². The number of halogens is 1. The molecule has 0 bridgehead atoms. The molecule has 4 rings (SSSR count). The Hall–Kier alpha value is -2.82. The normalized spacial score (nSPS) is 17.9. The molecule has 0 saturated heterocycles. The highest BCUT2D eigenvalue weighted by Crippen LogP contribution is 2.37. The minimum Gasteiger partial charge on any atom is -0.488 e. The Morgan fingerprint density at radius 3 is 2.67 bits per heavy atom. The predicted octanol–water partition coefficient (Wildman–Crippen LogP) is 4.90. The fourth-order valence-corrected chi connectivity index (χ4v) is 5.52. The molecule has 36 heavy (non-hydrogen) atoms. The van der Waals surface area contributed by atoms with Crippen LogP contribution in [0.5, 0.6) is 5.75 Å². The van der Waals surface area contributed by atoms with Gasteiger partial charge in [0.15, 0.2) is 0 Å². The number of anilines is 2. The zero-order valence-electron chi connectivity index (χ0n) is 21.3. The van der Waals surface area contributed by atoms with Gasteiger partial charge in [0, 0.05) is 19.7 Å². The van der Waals surface area contributed by atoms with E-state index in [0.29, 0.717) is 33.5 Å². The molecule has 0 aliphatic heterocycles. The molecule has 1 aliphatic carbocycles. The molecule has 10 heteroatoms. The minimum absolute atomic E-state index is 0.00477. The minimum atomic E-state index is -0.367. The maximum Gasteiger partial charge on any atom is 0.261 e. The van der Waals surface area contributed by atoms with Crippen LogP contribution in [0.25, 0.3) is 10.2 Å². The summed E-state index contributed by atoms with van der Waals surface area (Å²) < 4.78 is 25.8.